The van der Waals surface area contributed by atoms with Gasteiger partial charge >= 0.3 is 6.18 Å². The topological polar surface area (TPSA) is 73.1 Å². The molecule has 1 aliphatic rings. The van der Waals surface area contributed by atoms with Crippen molar-refractivity contribution in [3.05, 3.63) is 113 Å². The lowest BCUT2D eigenvalue weighted by Crippen LogP contribution is -2.44. The molecule has 1 aromatic heterocycles. The summed E-state index contributed by atoms with van der Waals surface area (Å²) in [6.45, 7) is 2.19. The van der Waals surface area contributed by atoms with Gasteiger partial charge in [0, 0.05) is 52.7 Å². The van der Waals surface area contributed by atoms with E-state index in [0.717, 1.165) is 33.1 Å². The summed E-state index contributed by atoms with van der Waals surface area (Å²) in [5.41, 5.74) is 2.55. The van der Waals surface area contributed by atoms with Crippen LogP contribution < -0.4 is 15.5 Å². The van der Waals surface area contributed by atoms with Crippen LogP contribution in [0, 0.1) is 0 Å². The number of carbonyl (C=O) groups excluding carboxylic acids is 1. The third kappa shape index (κ3) is 6.60. The molecule has 0 radical (unpaired) electrons. The normalized spacial score (nSPS) is 14.0. The molecule has 1 fully saturated rings. The highest BCUT2D eigenvalue weighted by molar-refractivity contribution is 7.99. The summed E-state index contributed by atoms with van der Waals surface area (Å²) in [6, 6.07) is 26.9. The van der Waals surface area contributed by atoms with Crippen molar-refractivity contribution in [1.82, 2.24) is 15.5 Å². The van der Waals surface area contributed by atoms with E-state index < -0.39 is 17.6 Å². The quantitative estimate of drug-likeness (QED) is 0.180. The number of hydrogen-bond acceptors (Lipinski definition) is 5. The average molecular weight is 600 g/mol. The molecular formula is C33H28F3N5OS. The standard InChI is InChI=1S/C33H28F3N5OS/c34-33(35,36)27-20-23(11-15-30(27)41-18-16-37-17-19-41)38-32(42)26-8-4-5-9-31(26)43-24-12-13-25-28(39-40-29(25)21-24)14-10-22-6-2-1-3-7-22/h1-15,20-21,37H,16-19H2,(H,38,42)(H,39,40)/b14-10+. The first kappa shape index (κ1) is 28.6. The van der Waals surface area contributed by atoms with Crippen molar-refractivity contribution >= 4 is 52.1 Å². The van der Waals surface area contributed by atoms with Crippen molar-refractivity contribution in [3.8, 4) is 0 Å². The first-order chi connectivity index (χ1) is 20.8. The van der Waals surface area contributed by atoms with Crippen LogP contribution in [0.1, 0.15) is 27.2 Å². The Balaban J connectivity index is 1.21. The van der Waals surface area contributed by atoms with E-state index in [9.17, 15) is 18.0 Å². The van der Waals surface area contributed by atoms with E-state index in [1.165, 1.54) is 23.9 Å². The maximum atomic E-state index is 14.0. The first-order valence-electron chi connectivity index (χ1n) is 13.8. The van der Waals surface area contributed by atoms with Gasteiger partial charge in [-0.05, 0) is 60.2 Å². The Morgan fingerprint density at radius 2 is 1.67 bits per heavy atom. The summed E-state index contributed by atoms with van der Waals surface area (Å²) in [7, 11) is 0. The Kier molecular flexibility index (Phi) is 8.22. The number of hydrogen-bond donors (Lipinski definition) is 3. The third-order valence-electron chi connectivity index (χ3n) is 7.17. The van der Waals surface area contributed by atoms with Gasteiger partial charge in [0.25, 0.3) is 5.91 Å². The second-order valence-corrected chi connectivity index (χ2v) is 11.2. The minimum absolute atomic E-state index is 0.0889. The van der Waals surface area contributed by atoms with Crippen LogP contribution in [0.25, 0.3) is 23.1 Å². The van der Waals surface area contributed by atoms with Gasteiger partial charge in [0.2, 0.25) is 0 Å². The molecule has 0 unspecified atom stereocenters. The summed E-state index contributed by atoms with van der Waals surface area (Å²) in [5, 5.41) is 14.3. The Hall–Kier alpha value is -4.54. The van der Waals surface area contributed by atoms with E-state index in [4.69, 9.17) is 0 Å². The summed E-state index contributed by atoms with van der Waals surface area (Å²) >= 11 is 1.40. The zero-order valence-corrected chi connectivity index (χ0v) is 23.8. The molecular weight excluding hydrogens is 571 g/mol. The van der Waals surface area contributed by atoms with Gasteiger partial charge in [-0.1, -0.05) is 60.3 Å². The van der Waals surface area contributed by atoms with Crippen LogP contribution in [0.2, 0.25) is 0 Å². The minimum Gasteiger partial charge on any atom is -0.368 e. The molecule has 218 valence electrons. The third-order valence-corrected chi connectivity index (χ3v) is 8.24. The molecule has 2 heterocycles. The monoisotopic (exact) mass is 599 g/mol. The number of alkyl halides is 3. The largest absolute Gasteiger partial charge is 0.418 e. The molecule has 1 amide bonds. The van der Waals surface area contributed by atoms with Crippen LogP contribution in [0.5, 0.6) is 0 Å². The number of piperazine rings is 1. The molecule has 0 spiro atoms. The molecule has 0 bridgehead atoms. The smallest absolute Gasteiger partial charge is 0.368 e. The fourth-order valence-corrected chi connectivity index (χ4v) is 6.02. The molecule has 0 atom stereocenters. The molecule has 1 aliphatic heterocycles. The molecule has 0 aliphatic carbocycles. The summed E-state index contributed by atoms with van der Waals surface area (Å²) in [4.78, 5) is 16.6. The summed E-state index contributed by atoms with van der Waals surface area (Å²) in [5.74, 6) is -0.484. The predicted molar refractivity (Wildman–Crippen MR) is 167 cm³/mol. The van der Waals surface area contributed by atoms with Gasteiger partial charge < -0.3 is 15.5 Å². The molecule has 6 rings (SSSR count). The molecule has 0 saturated carbocycles. The lowest BCUT2D eigenvalue weighted by Gasteiger charge is -2.31. The van der Waals surface area contributed by atoms with E-state index >= 15 is 0 Å². The number of aromatic amines is 1. The second kappa shape index (κ2) is 12.4. The number of rotatable bonds is 7. The number of carbonyl (C=O) groups is 1. The Morgan fingerprint density at radius 1 is 0.907 bits per heavy atom. The molecule has 5 aromatic rings. The number of fused-ring (bicyclic) bond motifs is 1. The van der Waals surface area contributed by atoms with Crippen LogP contribution in [-0.2, 0) is 6.18 Å². The van der Waals surface area contributed by atoms with Crippen LogP contribution in [0.4, 0.5) is 24.5 Å². The highest BCUT2D eigenvalue weighted by atomic mass is 32.2. The Morgan fingerprint density at radius 3 is 2.47 bits per heavy atom. The lowest BCUT2D eigenvalue weighted by molar-refractivity contribution is -0.137. The highest BCUT2D eigenvalue weighted by Gasteiger charge is 2.35. The van der Waals surface area contributed by atoms with Crippen molar-refractivity contribution in [2.24, 2.45) is 0 Å². The van der Waals surface area contributed by atoms with Gasteiger partial charge in [-0.2, -0.15) is 18.3 Å². The number of nitrogens with zero attached hydrogens (tertiary/aromatic N) is 2. The van der Waals surface area contributed by atoms with E-state index in [2.05, 4.69) is 20.8 Å². The van der Waals surface area contributed by atoms with E-state index in [-0.39, 0.29) is 11.4 Å². The zero-order valence-electron chi connectivity index (χ0n) is 23.0. The van der Waals surface area contributed by atoms with Gasteiger partial charge in [-0.3, -0.25) is 9.89 Å². The average Bonchev–Trinajstić information content (AvgIpc) is 3.43. The zero-order chi connectivity index (χ0) is 29.8. The van der Waals surface area contributed by atoms with Crippen molar-refractivity contribution in [1.29, 1.82) is 0 Å². The molecule has 6 nitrogen and oxygen atoms in total. The summed E-state index contributed by atoms with van der Waals surface area (Å²) in [6.07, 6.45) is -0.595. The first-order valence-corrected chi connectivity index (χ1v) is 14.6. The number of H-pyrrole nitrogens is 1. The van der Waals surface area contributed by atoms with E-state index in [1.807, 2.05) is 72.8 Å². The van der Waals surface area contributed by atoms with Crippen LogP contribution in [0.3, 0.4) is 0 Å². The van der Waals surface area contributed by atoms with Crippen molar-refractivity contribution in [3.63, 3.8) is 0 Å². The number of anilines is 2. The molecule has 43 heavy (non-hydrogen) atoms. The van der Waals surface area contributed by atoms with Crippen LogP contribution >= 0.6 is 11.8 Å². The fourth-order valence-electron chi connectivity index (χ4n) is 5.04. The van der Waals surface area contributed by atoms with Crippen LogP contribution in [-0.4, -0.2) is 42.3 Å². The number of aromatic nitrogens is 2. The van der Waals surface area contributed by atoms with Gasteiger partial charge in [0.05, 0.1) is 22.3 Å². The van der Waals surface area contributed by atoms with Gasteiger partial charge in [-0.25, -0.2) is 0 Å². The number of amides is 1. The molecule has 4 aromatic carbocycles. The SMILES string of the molecule is O=C(Nc1ccc(N2CCNCC2)c(C(F)(F)F)c1)c1ccccc1Sc1ccc2c(/C=C/c3ccccc3)n[nH]c2c1. The Bertz CT molecular complexity index is 1780. The fraction of sp³-hybridized carbons (Fsp3) is 0.152. The maximum absolute atomic E-state index is 14.0. The van der Waals surface area contributed by atoms with Gasteiger partial charge in [0.15, 0.2) is 0 Å². The van der Waals surface area contributed by atoms with E-state index in [1.54, 1.807) is 17.0 Å². The molecule has 3 N–H and O–H groups in total. The van der Waals surface area contributed by atoms with Crippen molar-refractivity contribution < 1.29 is 18.0 Å². The number of halogens is 3. The van der Waals surface area contributed by atoms with Gasteiger partial charge in [0.1, 0.15) is 0 Å². The molecule has 1 saturated heterocycles. The van der Waals surface area contributed by atoms with Gasteiger partial charge in [-0.15, -0.1) is 0 Å². The second-order valence-electron chi connectivity index (χ2n) is 10.1. The predicted octanol–water partition coefficient (Wildman–Crippen LogP) is 7.57. The lowest BCUT2D eigenvalue weighted by atomic mass is 10.1. The van der Waals surface area contributed by atoms with E-state index in [0.29, 0.717) is 36.6 Å². The minimum atomic E-state index is -4.56. The highest BCUT2D eigenvalue weighted by Crippen LogP contribution is 2.39. The molecule has 10 heteroatoms. The van der Waals surface area contributed by atoms with Crippen molar-refractivity contribution in [2.75, 3.05) is 36.4 Å². The number of nitrogens with one attached hydrogen (secondary N) is 3. The summed E-state index contributed by atoms with van der Waals surface area (Å²) < 4.78 is 42.0. The van der Waals surface area contributed by atoms with Crippen molar-refractivity contribution in [2.45, 2.75) is 16.0 Å². The number of benzene rings is 4. The maximum Gasteiger partial charge on any atom is 0.418 e. The Labute approximate surface area is 251 Å². The van der Waals surface area contributed by atoms with Crippen LogP contribution in [0.15, 0.2) is 101 Å².